The van der Waals surface area contributed by atoms with E-state index in [0.29, 0.717) is 12.0 Å². The maximum absolute atomic E-state index is 10.2. The Morgan fingerprint density at radius 2 is 1.73 bits per heavy atom. The summed E-state index contributed by atoms with van der Waals surface area (Å²) in [5.74, 6) is 0. The quantitative estimate of drug-likeness (QED) is 0.754. The van der Waals surface area contributed by atoms with Crippen LogP contribution in [0.2, 0.25) is 0 Å². The lowest BCUT2D eigenvalue weighted by Crippen LogP contribution is -2.45. The summed E-state index contributed by atoms with van der Waals surface area (Å²) in [7, 11) is 0. The van der Waals surface area contributed by atoms with Gasteiger partial charge in [0.1, 0.15) is 0 Å². The summed E-state index contributed by atoms with van der Waals surface area (Å²) in [6.45, 7) is 7.41. The Morgan fingerprint density at radius 1 is 1.20 bits per heavy atom. The molecule has 1 atom stereocenters. The number of aliphatic hydroxyl groups excluding tert-OH is 1. The Hall–Kier alpha value is -0.0800. The van der Waals surface area contributed by atoms with Crippen LogP contribution in [0.25, 0.3) is 0 Å². The van der Waals surface area contributed by atoms with E-state index in [-0.39, 0.29) is 11.5 Å². The third-order valence-electron chi connectivity index (χ3n) is 4.27. The minimum absolute atomic E-state index is 0.0194. The molecule has 2 heteroatoms. The van der Waals surface area contributed by atoms with Gasteiger partial charge in [0, 0.05) is 12.0 Å². The van der Waals surface area contributed by atoms with Gasteiger partial charge in [0.2, 0.25) is 0 Å². The van der Waals surface area contributed by atoms with E-state index in [2.05, 4.69) is 20.8 Å². The van der Waals surface area contributed by atoms with Gasteiger partial charge in [-0.25, -0.2) is 0 Å². The maximum atomic E-state index is 10.2. The van der Waals surface area contributed by atoms with Gasteiger partial charge in [0.15, 0.2) is 0 Å². The molecule has 2 nitrogen and oxygen atoms in total. The molecule has 0 radical (unpaired) electrons. The molecule has 1 aliphatic rings. The molecule has 1 unspecified atom stereocenters. The van der Waals surface area contributed by atoms with Crippen molar-refractivity contribution in [3.63, 3.8) is 0 Å². The molecule has 0 spiro atoms. The molecule has 3 N–H and O–H groups in total. The monoisotopic (exact) mass is 213 g/mol. The fourth-order valence-electron chi connectivity index (χ4n) is 2.68. The highest BCUT2D eigenvalue weighted by molar-refractivity contribution is 4.94. The summed E-state index contributed by atoms with van der Waals surface area (Å²) in [4.78, 5) is 0. The number of aliphatic hydroxyl groups is 1. The van der Waals surface area contributed by atoms with Crippen molar-refractivity contribution in [2.24, 2.45) is 16.6 Å². The van der Waals surface area contributed by atoms with Crippen molar-refractivity contribution in [2.45, 2.75) is 65.4 Å². The van der Waals surface area contributed by atoms with Crippen LogP contribution in [0.3, 0.4) is 0 Å². The van der Waals surface area contributed by atoms with Crippen molar-refractivity contribution in [3.05, 3.63) is 0 Å². The first-order valence-corrected chi connectivity index (χ1v) is 6.34. The Bertz CT molecular complexity index is 191. The third kappa shape index (κ3) is 2.94. The predicted octanol–water partition coefficient (Wildman–Crippen LogP) is 2.69. The topological polar surface area (TPSA) is 46.2 Å². The number of rotatable bonds is 4. The van der Waals surface area contributed by atoms with Gasteiger partial charge in [-0.15, -0.1) is 0 Å². The standard InChI is InChI=1S/C13H27NO/c1-4-5-11(15)13(10-14)8-6-12(2,3)7-9-13/h11,15H,4-10,14H2,1-3H3. The van der Waals surface area contributed by atoms with Crippen LogP contribution in [0.4, 0.5) is 0 Å². The number of nitrogens with two attached hydrogens (primary N) is 1. The van der Waals surface area contributed by atoms with Crippen LogP contribution in [0.5, 0.6) is 0 Å². The van der Waals surface area contributed by atoms with E-state index in [9.17, 15) is 5.11 Å². The summed E-state index contributed by atoms with van der Waals surface area (Å²) < 4.78 is 0. The lowest BCUT2D eigenvalue weighted by Gasteiger charge is -2.45. The van der Waals surface area contributed by atoms with Crippen molar-refractivity contribution >= 4 is 0 Å². The van der Waals surface area contributed by atoms with E-state index in [1.807, 2.05) is 0 Å². The molecule has 1 fully saturated rings. The first-order chi connectivity index (χ1) is 6.96. The van der Waals surface area contributed by atoms with Gasteiger partial charge in [0.05, 0.1) is 6.10 Å². The van der Waals surface area contributed by atoms with Crippen molar-refractivity contribution < 1.29 is 5.11 Å². The summed E-state index contributed by atoms with van der Waals surface area (Å²) in [5.41, 5.74) is 6.37. The summed E-state index contributed by atoms with van der Waals surface area (Å²) in [6, 6.07) is 0. The second-order valence-electron chi connectivity index (χ2n) is 6.04. The SMILES string of the molecule is CCCC(O)C1(CN)CCC(C)(C)CC1. The Balaban J connectivity index is 2.63. The van der Waals surface area contributed by atoms with Crippen LogP contribution >= 0.6 is 0 Å². The zero-order valence-electron chi connectivity index (χ0n) is 10.6. The average Bonchev–Trinajstić information content (AvgIpc) is 2.19. The Labute approximate surface area is 94.2 Å². The van der Waals surface area contributed by atoms with Crippen LogP contribution < -0.4 is 5.73 Å². The van der Waals surface area contributed by atoms with E-state index < -0.39 is 0 Å². The molecule has 0 bridgehead atoms. The second kappa shape index (κ2) is 4.84. The van der Waals surface area contributed by atoms with Crippen molar-refractivity contribution in [3.8, 4) is 0 Å². The molecule has 1 saturated carbocycles. The van der Waals surface area contributed by atoms with E-state index in [0.717, 1.165) is 25.7 Å². The van der Waals surface area contributed by atoms with E-state index in [4.69, 9.17) is 5.73 Å². The van der Waals surface area contributed by atoms with Crippen LogP contribution in [0, 0.1) is 10.8 Å². The summed E-state index contributed by atoms with van der Waals surface area (Å²) in [5, 5.41) is 10.2. The third-order valence-corrected chi connectivity index (χ3v) is 4.27. The molecule has 0 aromatic heterocycles. The molecule has 0 saturated heterocycles. The van der Waals surface area contributed by atoms with Crippen molar-refractivity contribution in [2.75, 3.05) is 6.54 Å². The molecular weight excluding hydrogens is 186 g/mol. The first-order valence-electron chi connectivity index (χ1n) is 6.34. The Kier molecular flexibility index (Phi) is 4.19. The molecule has 0 aliphatic heterocycles. The highest BCUT2D eigenvalue weighted by atomic mass is 16.3. The summed E-state index contributed by atoms with van der Waals surface area (Å²) in [6.07, 6.45) is 6.35. The zero-order chi connectivity index (χ0) is 11.5. The fraction of sp³-hybridized carbons (Fsp3) is 1.00. The number of hydrogen-bond donors (Lipinski definition) is 2. The van der Waals surface area contributed by atoms with E-state index >= 15 is 0 Å². The van der Waals surface area contributed by atoms with Crippen LogP contribution in [-0.2, 0) is 0 Å². The zero-order valence-corrected chi connectivity index (χ0v) is 10.6. The first kappa shape index (κ1) is 13.0. The molecular formula is C13H27NO. The van der Waals surface area contributed by atoms with E-state index in [1.54, 1.807) is 0 Å². The Morgan fingerprint density at radius 3 is 2.13 bits per heavy atom. The molecule has 15 heavy (non-hydrogen) atoms. The largest absolute Gasteiger partial charge is 0.393 e. The molecule has 0 heterocycles. The minimum atomic E-state index is -0.191. The lowest BCUT2D eigenvalue weighted by molar-refractivity contribution is -0.0261. The molecule has 90 valence electrons. The predicted molar refractivity (Wildman–Crippen MR) is 64.7 cm³/mol. The van der Waals surface area contributed by atoms with E-state index in [1.165, 1.54) is 12.8 Å². The molecule has 1 aliphatic carbocycles. The highest BCUT2D eigenvalue weighted by Gasteiger charge is 2.41. The fourth-order valence-corrected chi connectivity index (χ4v) is 2.68. The van der Waals surface area contributed by atoms with Gasteiger partial charge in [-0.1, -0.05) is 27.2 Å². The van der Waals surface area contributed by atoms with Crippen molar-refractivity contribution in [1.29, 1.82) is 0 Å². The summed E-state index contributed by atoms with van der Waals surface area (Å²) >= 11 is 0. The smallest absolute Gasteiger partial charge is 0.0608 e. The number of hydrogen-bond acceptors (Lipinski definition) is 2. The normalized spacial score (nSPS) is 26.2. The molecule has 0 amide bonds. The van der Waals surface area contributed by atoms with Gasteiger partial charge < -0.3 is 10.8 Å². The minimum Gasteiger partial charge on any atom is -0.393 e. The van der Waals surface area contributed by atoms with Gasteiger partial charge in [-0.2, -0.15) is 0 Å². The maximum Gasteiger partial charge on any atom is 0.0608 e. The highest BCUT2D eigenvalue weighted by Crippen LogP contribution is 2.47. The molecule has 1 rings (SSSR count). The van der Waals surface area contributed by atoms with Crippen LogP contribution in [0.15, 0.2) is 0 Å². The average molecular weight is 213 g/mol. The van der Waals surface area contributed by atoms with Crippen molar-refractivity contribution in [1.82, 2.24) is 0 Å². The second-order valence-corrected chi connectivity index (χ2v) is 6.04. The van der Waals surface area contributed by atoms with Crippen LogP contribution in [-0.4, -0.2) is 17.8 Å². The van der Waals surface area contributed by atoms with Gasteiger partial charge in [-0.05, 0) is 37.5 Å². The van der Waals surface area contributed by atoms with Gasteiger partial charge in [-0.3, -0.25) is 0 Å². The van der Waals surface area contributed by atoms with Crippen LogP contribution in [0.1, 0.15) is 59.3 Å². The van der Waals surface area contributed by atoms with Gasteiger partial charge >= 0.3 is 0 Å². The molecule has 0 aromatic rings. The lowest BCUT2D eigenvalue weighted by atomic mass is 9.62. The van der Waals surface area contributed by atoms with Gasteiger partial charge in [0.25, 0.3) is 0 Å². The molecule has 0 aromatic carbocycles.